The molecule has 1 aromatic carbocycles. The van der Waals surface area contributed by atoms with Gasteiger partial charge in [0, 0.05) is 17.1 Å². The molecule has 0 spiro atoms. The van der Waals surface area contributed by atoms with E-state index in [-0.39, 0.29) is 30.4 Å². The Labute approximate surface area is 164 Å². The fourth-order valence-corrected chi connectivity index (χ4v) is 4.40. The standard InChI is InChI=1S/C20H26ClN3O3/c1-4-20(15-8-10-16(21)11-9-15)18(26)23(19(27)22-20)12-17(25)24-13(2)6-5-7-14(24)3/h8-11,13-14H,4-7,12H2,1-3H3,(H,22,27)/t13-,14-,20-/m1/s1. The van der Waals surface area contributed by atoms with E-state index >= 15 is 0 Å². The molecular formula is C20H26ClN3O3. The lowest BCUT2D eigenvalue weighted by atomic mass is 9.87. The molecule has 1 N–H and O–H groups in total. The molecule has 0 saturated carbocycles. The molecule has 4 amide bonds. The van der Waals surface area contributed by atoms with Gasteiger partial charge in [0.25, 0.3) is 5.91 Å². The van der Waals surface area contributed by atoms with Gasteiger partial charge in [-0.25, -0.2) is 4.79 Å². The minimum atomic E-state index is -1.15. The first-order valence-corrected chi connectivity index (χ1v) is 9.89. The number of carbonyl (C=O) groups is 3. The largest absolute Gasteiger partial charge is 0.336 e. The Morgan fingerprint density at radius 1 is 1.19 bits per heavy atom. The molecule has 2 saturated heterocycles. The molecule has 7 heteroatoms. The minimum absolute atomic E-state index is 0.120. The predicted molar refractivity (Wildman–Crippen MR) is 103 cm³/mol. The molecule has 3 atom stereocenters. The van der Waals surface area contributed by atoms with Gasteiger partial charge < -0.3 is 10.2 Å². The summed E-state index contributed by atoms with van der Waals surface area (Å²) in [5.74, 6) is -0.566. The molecule has 3 rings (SSSR count). The normalized spacial score (nSPS) is 28.4. The highest BCUT2D eigenvalue weighted by molar-refractivity contribution is 6.30. The smallest absolute Gasteiger partial charge is 0.325 e. The van der Waals surface area contributed by atoms with Crippen LogP contribution in [0.15, 0.2) is 24.3 Å². The number of piperidine rings is 1. The molecule has 2 fully saturated rings. The fraction of sp³-hybridized carbons (Fsp3) is 0.550. The molecule has 2 aliphatic heterocycles. The Hall–Kier alpha value is -2.08. The third-order valence-electron chi connectivity index (χ3n) is 5.82. The number of nitrogens with zero attached hydrogens (tertiary/aromatic N) is 2. The van der Waals surface area contributed by atoms with Gasteiger partial charge in [0.05, 0.1) is 0 Å². The fourth-order valence-electron chi connectivity index (χ4n) is 4.27. The molecule has 0 aromatic heterocycles. The summed E-state index contributed by atoms with van der Waals surface area (Å²) in [6.45, 7) is 5.65. The van der Waals surface area contributed by atoms with Crippen molar-refractivity contribution in [2.45, 2.75) is 64.1 Å². The van der Waals surface area contributed by atoms with Gasteiger partial charge in [-0.3, -0.25) is 14.5 Å². The van der Waals surface area contributed by atoms with Crippen LogP contribution in [-0.4, -0.2) is 46.3 Å². The van der Waals surface area contributed by atoms with Gasteiger partial charge in [0.1, 0.15) is 12.1 Å². The minimum Gasteiger partial charge on any atom is -0.336 e. The summed E-state index contributed by atoms with van der Waals surface area (Å²) in [6, 6.07) is 6.58. The van der Waals surface area contributed by atoms with Gasteiger partial charge in [-0.05, 0) is 57.2 Å². The van der Waals surface area contributed by atoms with E-state index in [4.69, 9.17) is 11.6 Å². The first-order valence-electron chi connectivity index (χ1n) is 9.51. The summed E-state index contributed by atoms with van der Waals surface area (Å²) in [6.07, 6.45) is 3.37. The quantitative estimate of drug-likeness (QED) is 0.800. The lowest BCUT2D eigenvalue weighted by Crippen LogP contribution is -2.52. The second-order valence-corrected chi connectivity index (χ2v) is 7.95. The van der Waals surface area contributed by atoms with Crippen molar-refractivity contribution in [3.8, 4) is 0 Å². The van der Waals surface area contributed by atoms with E-state index in [2.05, 4.69) is 5.32 Å². The second kappa shape index (κ2) is 7.50. The number of halogens is 1. The zero-order valence-electron chi connectivity index (χ0n) is 16.0. The monoisotopic (exact) mass is 391 g/mol. The van der Waals surface area contributed by atoms with Gasteiger partial charge in [0.2, 0.25) is 5.91 Å². The number of carbonyl (C=O) groups excluding carboxylic acids is 3. The summed E-state index contributed by atoms with van der Waals surface area (Å²) in [4.78, 5) is 41.5. The number of rotatable bonds is 4. The predicted octanol–water partition coefficient (Wildman–Crippen LogP) is 3.29. The number of urea groups is 1. The Morgan fingerprint density at radius 2 is 1.78 bits per heavy atom. The van der Waals surface area contributed by atoms with Crippen molar-refractivity contribution in [3.05, 3.63) is 34.9 Å². The summed E-state index contributed by atoms with van der Waals surface area (Å²) in [5.41, 5.74) is -0.483. The Morgan fingerprint density at radius 3 is 2.33 bits per heavy atom. The van der Waals surface area contributed by atoms with Crippen LogP contribution in [0.4, 0.5) is 4.79 Å². The number of likely N-dealkylation sites (tertiary alicyclic amines) is 1. The van der Waals surface area contributed by atoms with Crippen LogP contribution in [0.25, 0.3) is 0 Å². The number of imide groups is 1. The summed E-state index contributed by atoms with van der Waals surface area (Å²) < 4.78 is 0. The van der Waals surface area contributed by atoms with Crippen LogP contribution in [0.1, 0.15) is 52.0 Å². The highest BCUT2D eigenvalue weighted by atomic mass is 35.5. The highest BCUT2D eigenvalue weighted by Gasteiger charge is 2.52. The van der Waals surface area contributed by atoms with Crippen molar-refractivity contribution in [3.63, 3.8) is 0 Å². The van der Waals surface area contributed by atoms with Gasteiger partial charge in [0.15, 0.2) is 0 Å². The van der Waals surface area contributed by atoms with E-state index in [1.54, 1.807) is 24.3 Å². The average molecular weight is 392 g/mol. The van der Waals surface area contributed by atoms with Crippen molar-refractivity contribution < 1.29 is 14.4 Å². The molecule has 146 valence electrons. The Balaban J connectivity index is 1.83. The van der Waals surface area contributed by atoms with E-state index in [1.807, 2.05) is 25.7 Å². The molecule has 27 heavy (non-hydrogen) atoms. The van der Waals surface area contributed by atoms with Crippen molar-refractivity contribution in [1.29, 1.82) is 0 Å². The van der Waals surface area contributed by atoms with Crippen LogP contribution in [-0.2, 0) is 15.1 Å². The maximum atomic E-state index is 13.2. The first-order chi connectivity index (χ1) is 12.8. The molecule has 0 unspecified atom stereocenters. The number of hydrogen-bond acceptors (Lipinski definition) is 3. The number of nitrogens with one attached hydrogen (secondary N) is 1. The first kappa shape index (κ1) is 19.7. The van der Waals surface area contributed by atoms with Crippen molar-refractivity contribution >= 4 is 29.4 Å². The zero-order chi connectivity index (χ0) is 19.8. The topological polar surface area (TPSA) is 69.7 Å². The van der Waals surface area contributed by atoms with Crippen molar-refractivity contribution in [2.24, 2.45) is 0 Å². The number of benzene rings is 1. The zero-order valence-corrected chi connectivity index (χ0v) is 16.8. The second-order valence-electron chi connectivity index (χ2n) is 7.52. The van der Waals surface area contributed by atoms with Gasteiger partial charge >= 0.3 is 6.03 Å². The van der Waals surface area contributed by atoms with Crippen LogP contribution in [0, 0.1) is 0 Å². The highest BCUT2D eigenvalue weighted by Crippen LogP contribution is 2.33. The average Bonchev–Trinajstić information content (AvgIpc) is 2.87. The Kier molecular flexibility index (Phi) is 5.47. The maximum absolute atomic E-state index is 13.2. The SMILES string of the molecule is CC[C@]1(c2ccc(Cl)cc2)NC(=O)N(CC(=O)N2[C@H](C)CCC[C@H]2C)C1=O. The molecule has 6 nitrogen and oxygen atoms in total. The van der Waals surface area contributed by atoms with Crippen LogP contribution < -0.4 is 5.32 Å². The van der Waals surface area contributed by atoms with E-state index < -0.39 is 11.6 Å². The van der Waals surface area contributed by atoms with Gasteiger partial charge in [-0.1, -0.05) is 30.7 Å². The van der Waals surface area contributed by atoms with Crippen LogP contribution in [0.2, 0.25) is 5.02 Å². The van der Waals surface area contributed by atoms with E-state index in [0.29, 0.717) is 17.0 Å². The lowest BCUT2D eigenvalue weighted by Gasteiger charge is -2.39. The summed E-state index contributed by atoms with van der Waals surface area (Å²) in [5, 5.41) is 3.36. The molecule has 1 aromatic rings. The molecule has 0 aliphatic carbocycles. The molecular weight excluding hydrogens is 366 g/mol. The van der Waals surface area contributed by atoms with Crippen molar-refractivity contribution in [1.82, 2.24) is 15.1 Å². The molecule has 2 heterocycles. The number of hydrogen-bond donors (Lipinski definition) is 1. The molecule has 0 radical (unpaired) electrons. The van der Waals surface area contributed by atoms with Gasteiger partial charge in [-0.2, -0.15) is 0 Å². The van der Waals surface area contributed by atoms with E-state index in [9.17, 15) is 14.4 Å². The summed E-state index contributed by atoms with van der Waals surface area (Å²) >= 11 is 5.95. The van der Waals surface area contributed by atoms with Crippen LogP contribution in [0.5, 0.6) is 0 Å². The molecule has 2 aliphatic rings. The van der Waals surface area contributed by atoms with E-state index in [0.717, 1.165) is 24.2 Å². The third kappa shape index (κ3) is 3.43. The summed E-state index contributed by atoms with van der Waals surface area (Å²) in [7, 11) is 0. The van der Waals surface area contributed by atoms with Crippen LogP contribution >= 0.6 is 11.6 Å². The van der Waals surface area contributed by atoms with Crippen molar-refractivity contribution in [2.75, 3.05) is 6.54 Å². The van der Waals surface area contributed by atoms with Crippen LogP contribution in [0.3, 0.4) is 0 Å². The number of amides is 4. The Bertz CT molecular complexity index is 741. The van der Waals surface area contributed by atoms with E-state index in [1.165, 1.54) is 0 Å². The lowest BCUT2D eigenvalue weighted by molar-refractivity contribution is -0.143. The maximum Gasteiger partial charge on any atom is 0.325 e. The molecule has 0 bridgehead atoms. The third-order valence-corrected chi connectivity index (χ3v) is 6.07. The van der Waals surface area contributed by atoms with Gasteiger partial charge in [-0.15, -0.1) is 0 Å².